The Morgan fingerprint density at radius 3 is 2.80 bits per heavy atom. The normalized spacial score (nSPS) is 20.9. The minimum Gasteiger partial charge on any atom is -0.329 e. The van der Waals surface area contributed by atoms with Crippen molar-refractivity contribution in [3.8, 4) is 0 Å². The first-order chi connectivity index (χ1) is 9.42. The fourth-order valence-electron chi connectivity index (χ4n) is 2.35. The van der Waals surface area contributed by atoms with E-state index in [1.165, 1.54) is 10.4 Å². The van der Waals surface area contributed by atoms with Crippen LogP contribution in [0.4, 0.5) is 10.1 Å². The lowest BCUT2D eigenvalue weighted by Crippen LogP contribution is -2.49. The standard InChI is InChI=1S/C12H17ClFN3O2S/c13-9-5-10(14)7-11(6-9)16-20(18,19)17-4-2-1-3-12(17)8-15/h5-7,12,16H,1-4,8,15H2. The quantitative estimate of drug-likeness (QED) is 0.890. The smallest absolute Gasteiger partial charge is 0.301 e. The van der Waals surface area contributed by atoms with Crippen LogP contribution in [0.15, 0.2) is 18.2 Å². The maximum absolute atomic E-state index is 13.2. The Balaban J connectivity index is 2.21. The second-order valence-corrected chi connectivity index (χ2v) is 6.82. The molecule has 1 aromatic rings. The van der Waals surface area contributed by atoms with Crippen molar-refractivity contribution in [2.24, 2.45) is 5.73 Å². The monoisotopic (exact) mass is 321 g/mol. The lowest BCUT2D eigenvalue weighted by molar-refractivity contribution is 0.259. The third-order valence-electron chi connectivity index (χ3n) is 3.26. The van der Waals surface area contributed by atoms with Crippen molar-refractivity contribution < 1.29 is 12.8 Å². The summed E-state index contributed by atoms with van der Waals surface area (Å²) in [5.74, 6) is -0.593. The van der Waals surface area contributed by atoms with Crippen LogP contribution in [-0.2, 0) is 10.2 Å². The van der Waals surface area contributed by atoms with E-state index < -0.39 is 16.0 Å². The zero-order chi connectivity index (χ0) is 14.8. The molecule has 0 amide bonds. The number of halogens is 2. The van der Waals surface area contributed by atoms with Gasteiger partial charge in [-0.05, 0) is 31.0 Å². The SMILES string of the molecule is NCC1CCCCN1S(=O)(=O)Nc1cc(F)cc(Cl)c1. The van der Waals surface area contributed by atoms with Crippen molar-refractivity contribution in [3.05, 3.63) is 29.0 Å². The van der Waals surface area contributed by atoms with Crippen LogP contribution in [0.1, 0.15) is 19.3 Å². The van der Waals surface area contributed by atoms with Gasteiger partial charge in [0.1, 0.15) is 5.82 Å². The number of hydrogen-bond acceptors (Lipinski definition) is 3. The predicted molar refractivity (Wildman–Crippen MR) is 77.4 cm³/mol. The highest BCUT2D eigenvalue weighted by Crippen LogP contribution is 2.23. The number of piperidine rings is 1. The van der Waals surface area contributed by atoms with E-state index in [-0.39, 0.29) is 23.3 Å². The number of rotatable bonds is 4. The molecular weight excluding hydrogens is 305 g/mol. The largest absolute Gasteiger partial charge is 0.329 e. The van der Waals surface area contributed by atoms with Gasteiger partial charge in [0.15, 0.2) is 0 Å². The third-order valence-corrected chi connectivity index (χ3v) is 5.07. The molecule has 1 heterocycles. The molecule has 1 fully saturated rings. The van der Waals surface area contributed by atoms with E-state index in [9.17, 15) is 12.8 Å². The highest BCUT2D eigenvalue weighted by Gasteiger charge is 2.31. The lowest BCUT2D eigenvalue weighted by atomic mass is 10.1. The fourth-order valence-corrected chi connectivity index (χ4v) is 4.05. The van der Waals surface area contributed by atoms with E-state index in [4.69, 9.17) is 17.3 Å². The molecule has 0 saturated carbocycles. The average molecular weight is 322 g/mol. The van der Waals surface area contributed by atoms with Crippen LogP contribution in [0.3, 0.4) is 0 Å². The van der Waals surface area contributed by atoms with Gasteiger partial charge in [-0.2, -0.15) is 12.7 Å². The van der Waals surface area contributed by atoms with E-state index in [1.807, 2.05) is 0 Å². The van der Waals surface area contributed by atoms with Gasteiger partial charge >= 0.3 is 10.2 Å². The summed E-state index contributed by atoms with van der Waals surface area (Å²) in [7, 11) is -3.75. The van der Waals surface area contributed by atoms with Crippen LogP contribution in [0.25, 0.3) is 0 Å². The minimum atomic E-state index is -3.75. The van der Waals surface area contributed by atoms with E-state index in [2.05, 4.69) is 4.72 Å². The summed E-state index contributed by atoms with van der Waals surface area (Å²) in [5.41, 5.74) is 5.72. The van der Waals surface area contributed by atoms with Crippen molar-refractivity contribution in [1.82, 2.24) is 4.31 Å². The van der Waals surface area contributed by atoms with Crippen LogP contribution in [0.5, 0.6) is 0 Å². The van der Waals surface area contributed by atoms with Gasteiger partial charge in [0, 0.05) is 24.2 Å². The Labute approximate surface area is 123 Å². The molecule has 2 rings (SSSR count). The second kappa shape index (κ2) is 6.26. The molecule has 112 valence electrons. The molecular formula is C12H17ClFN3O2S. The zero-order valence-corrected chi connectivity index (χ0v) is 12.4. The van der Waals surface area contributed by atoms with E-state index >= 15 is 0 Å². The summed E-state index contributed by atoms with van der Waals surface area (Å²) < 4.78 is 41.6. The van der Waals surface area contributed by atoms with E-state index in [0.717, 1.165) is 31.4 Å². The Hall–Kier alpha value is -0.890. The summed E-state index contributed by atoms with van der Waals surface area (Å²) >= 11 is 5.71. The van der Waals surface area contributed by atoms with Crippen LogP contribution in [0, 0.1) is 5.82 Å². The molecule has 5 nitrogen and oxygen atoms in total. The molecule has 1 aliphatic rings. The Morgan fingerprint density at radius 1 is 1.40 bits per heavy atom. The Morgan fingerprint density at radius 2 is 2.15 bits per heavy atom. The number of nitrogens with one attached hydrogen (secondary N) is 1. The summed E-state index contributed by atoms with van der Waals surface area (Å²) in [4.78, 5) is 0. The summed E-state index contributed by atoms with van der Waals surface area (Å²) in [6, 6.07) is 3.35. The number of nitrogens with zero attached hydrogens (tertiary/aromatic N) is 1. The molecule has 0 aromatic heterocycles. The van der Waals surface area contributed by atoms with Crippen LogP contribution >= 0.6 is 11.6 Å². The van der Waals surface area contributed by atoms with E-state index in [1.54, 1.807) is 0 Å². The maximum Gasteiger partial charge on any atom is 0.301 e. The highest BCUT2D eigenvalue weighted by atomic mass is 35.5. The molecule has 1 atom stereocenters. The van der Waals surface area contributed by atoms with E-state index in [0.29, 0.717) is 6.54 Å². The molecule has 1 aliphatic heterocycles. The van der Waals surface area contributed by atoms with Gasteiger partial charge in [-0.15, -0.1) is 0 Å². The molecule has 0 spiro atoms. The van der Waals surface area contributed by atoms with Crippen LogP contribution < -0.4 is 10.5 Å². The molecule has 1 unspecified atom stereocenters. The summed E-state index contributed by atoms with van der Waals surface area (Å²) in [6.07, 6.45) is 2.49. The van der Waals surface area contributed by atoms with Gasteiger partial charge in [-0.3, -0.25) is 4.72 Å². The Kier molecular flexibility index (Phi) is 4.85. The van der Waals surface area contributed by atoms with Crippen molar-refractivity contribution in [1.29, 1.82) is 0 Å². The van der Waals surface area contributed by atoms with Gasteiger partial charge in [-0.25, -0.2) is 4.39 Å². The topological polar surface area (TPSA) is 75.4 Å². The number of benzene rings is 1. The van der Waals surface area contributed by atoms with Crippen LogP contribution in [0.2, 0.25) is 5.02 Å². The fraction of sp³-hybridized carbons (Fsp3) is 0.500. The molecule has 1 saturated heterocycles. The van der Waals surface area contributed by atoms with Crippen molar-refractivity contribution in [2.75, 3.05) is 17.8 Å². The molecule has 20 heavy (non-hydrogen) atoms. The zero-order valence-electron chi connectivity index (χ0n) is 10.9. The van der Waals surface area contributed by atoms with Gasteiger partial charge < -0.3 is 5.73 Å². The molecule has 8 heteroatoms. The van der Waals surface area contributed by atoms with Crippen LogP contribution in [-0.4, -0.2) is 31.9 Å². The number of anilines is 1. The first-order valence-corrected chi connectivity index (χ1v) is 8.20. The van der Waals surface area contributed by atoms with Crippen molar-refractivity contribution in [2.45, 2.75) is 25.3 Å². The molecule has 3 N–H and O–H groups in total. The molecule has 0 bridgehead atoms. The number of nitrogens with two attached hydrogens (primary N) is 1. The third kappa shape index (κ3) is 3.60. The molecule has 1 aromatic carbocycles. The lowest BCUT2D eigenvalue weighted by Gasteiger charge is -2.33. The highest BCUT2D eigenvalue weighted by molar-refractivity contribution is 7.90. The Bertz CT molecular complexity index is 562. The van der Waals surface area contributed by atoms with Gasteiger partial charge in [0.2, 0.25) is 0 Å². The summed E-state index contributed by atoms with van der Waals surface area (Å²) in [5, 5.41) is 0.136. The van der Waals surface area contributed by atoms with Gasteiger partial charge in [0.05, 0.1) is 5.69 Å². The second-order valence-electron chi connectivity index (χ2n) is 4.76. The van der Waals surface area contributed by atoms with Gasteiger partial charge in [-0.1, -0.05) is 18.0 Å². The number of hydrogen-bond donors (Lipinski definition) is 2. The van der Waals surface area contributed by atoms with Crippen molar-refractivity contribution in [3.63, 3.8) is 0 Å². The minimum absolute atomic E-state index is 0.108. The predicted octanol–water partition coefficient (Wildman–Crippen LogP) is 1.95. The average Bonchev–Trinajstić information content (AvgIpc) is 2.36. The van der Waals surface area contributed by atoms with Crippen molar-refractivity contribution >= 4 is 27.5 Å². The first-order valence-electron chi connectivity index (χ1n) is 6.38. The first kappa shape index (κ1) is 15.5. The molecule has 0 aliphatic carbocycles. The summed E-state index contributed by atoms with van der Waals surface area (Å²) in [6.45, 7) is 0.686. The van der Waals surface area contributed by atoms with Gasteiger partial charge in [0.25, 0.3) is 0 Å². The maximum atomic E-state index is 13.2. The molecule has 0 radical (unpaired) electrons.